The number of benzene rings is 1. The zero-order valence-corrected chi connectivity index (χ0v) is 16.6. The zero-order valence-electron chi connectivity index (χ0n) is 16.6. The highest BCUT2D eigenvalue weighted by molar-refractivity contribution is 5.79. The van der Waals surface area contributed by atoms with Crippen molar-refractivity contribution < 1.29 is 19.2 Å². The smallest absolute Gasteiger partial charge is 0.310 e. The minimum absolute atomic E-state index is 0.0132. The van der Waals surface area contributed by atoms with Gasteiger partial charge in [0.05, 0.1) is 17.1 Å². The van der Waals surface area contributed by atoms with E-state index in [4.69, 9.17) is 9.47 Å². The van der Waals surface area contributed by atoms with E-state index in [1.54, 1.807) is 18.2 Å². The average molecular weight is 391 g/mol. The number of nitro groups is 1. The molecule has 154 valence electrons. The second-order valence-electron chi connectivity index (χ2n) is 7.69. The van der Waals surface area contributed by atoms with Gasteiger partial charge in [-0.1, -0.05) is 12.1 Å². The van der Waals surface area contributed by atoms with Crippen LogP contribution in [-0.2, 0) is 9.53 Å². The summed E-state index contributed by atoms with van der Waals surface area (Å²) >= 11 is 0. The number of ether oxygens (including phenoxy) is 2. The molecule has 28 heavy (non-hydrogen) atoms. The molecule has 0 aromatic heterocycles. The number of likely N-dealkylation sites (tertiary alicyclic amines) is 1. The van der Waals surface area contributed by atoms with Crippen molar-refractivity contribution in [3.05, 3.63) is 34.4 Å². The summed E-state index contributed by atoms with van der Waals surface area (Å²) in [5.74, 6) is 0.621. The van der Waals surface area contributed by atoms with Gasteiger partial charge in [0, 0.05) is 31.6 Å². The van der Waals surface area contributed by atoms with Crippen molar-refractivity contribution in [1.82, 2.24) is 9.80 Å². The standard InChI is InChI=1S/C20H29N3O5/c1-15-13-22(14-16(2)28-15)20(24)17-7-9-21(10-8-17)11-12-27-19-6-4-3-5-18(19)23(25)26/h3-6,15-17H,7-14H2,1-2H3. The second kappa shape index (κ2) is 9.34. The first-order valence-electron chi connectivity index (χ1n) is 9.97. The molecule has 2 aliphatic rings. The third-order valence-electron chi connectivity index (χ3n) is 5.40. The van der Waals surface area contributed by atoms with Gasteiger partial charge < -0.3 is 14.4 Å². The summed E-state index contributed by atoms with van der Waals surface area (Å²) in [5.41, 5.74) is -0.0132. The SMILES string of the molecule is CC1CN(C(=O)C2CCN(CCOc3ccccc3[N+](=O)[O-])CC2)CC(C)O1. The van der Waals surface area contributed by atoms with Gasteiger partial charge in [-0.3, -0.25) is 19.8 Å². The number of hydrogen-bond donors (Lipinski definition) is 0. The van der Waals surface area contributed by atoms with E-state index in [2.05, 4.69) is 4.90 Å². The number of piperidine rings is 1. The van der Waals surface area contributed by atoms with E-state index in [9.17, 15) is 14.9 Å². The molecule has 0 saturated carbocycles. The van der Waals surface area contributed by atoms with Crippen LogP contribution in [0, 0.1) is 16.0 Å². The summed E-state index contributed by atoms with van der Waals surface area (Å²) in [4.78, 5) is 27.6. The molecule has 1 aromatic carbocycles. The predicted molar refractivity (Wildman–Crippen MR) is 104 cm³/mol. The van der Waals surface area contributed by atoms with E-state index in [-0.39, 0.29) is 29.7 Å². The summed E-state index contributed by atoms with van der Waals surface area (Å²) in [6.07, 6.45) is 1.86. The first-order chi connectivity index (χ1) is 13.4. The topological polar surface area (TPSA) is 85.2 Å². The molecule has 2 atom stereocenters. The van der Waals surface area contributed by atoms with E-state index in [0.29, 0.717) is 32.0 Å². The highest BCUT2D eigenvalue weighted by atomic mass is 16.6. The number of amides is 1. The molecule has 0 bridgehead atoms. The molecule has 2 fully saturated rings. The molecule has 1 amide bonds. The molecule has 2 heterocycles. The van der Waals surface area contributed by atoms with Crippen LogP contribution in [0.4, 0.5) is 5.69 Å². The number of carbonyl (C=O) groups excluding carboxylic acids is 1. The fraction of sp³-hybridized carbons (Fsp3) is 0.650. The van der Waals surface area contributed by atoms with Crippen LogP contribution in [0.5, 0.6) is 5.75 Å². The minimum Gasteiger partial charge on any atom is -0.485 e. The third-order valence-corrected chi connectivity index (χ3v) is 5.40. The monoisotopic (exact) mass is 391 g/mol. The Balaban J connectivity index is 1.42. The lowest BCUT2D eigenvalue weighted by atomic mass is 9.94. The maximum absolute atomic E-state index is 12.8. The van der Waals surface area contributed by atoms with Gasteiger partial charge in [0.2, 0.25) is 5.91 Å². The van der Waals surface area contributed by atoms with E-state index >= 15 is 0 Å². The summed E-state index contributed by atoms with van der Waals surface area (Å²) in [6, 6.07) is 6.42. The fourth-order valence-corrected chi connectivity index (χ4v) is 4.03. The Kier molecular flexibility index (Phi) is 6.85. The molecule has 0 spiro atoms. The molecule has 2 unspecified atom stereocenters. The van der Waals surface area contributed by atoms with Crippen molar-refractivity contribution in [2.45, 2.75) is 38.9 Å². The Bertz CT molecular complexity index is 680. The fourth-order valence-electron chi connectivity index (χ4n) is 4.03. The molecule has 0 N–H and O–H groups in total. The number of nitro benzene ring substituents is 1. The van der Waals surface area contributed by atoms with Crippen molar-refractivity contribution in [3.8, 4) is 5.75 Å². The lowest BCUT2D eigenvalue weighted by molar-refractivity contribution is -0.385. The summed E-state index contributed by atoms with van der Waals surface area (Å²) in [5, 5.41) is 11.0. The summed E-state index contributed by atoms with van der Waals surface area (Å²) < 4.78 is 11.3. The first kappa shape index (κ1) is 20.5. The Morgan fingerprint density at radius 2 is 1.86 bits per heavy atom. The molecule has 0 radical (unpaired) electrons. The van der Waals surface area contributed by atoms with Gasteiger partial charge in [-0.05, 0) is 45.8 Å². The van der Waals surface area contributed by atoms with Gasteiger partial charge in [0.25, 0.3) is 0 Å². The minimum atomic E-state index is -0.431. The Morgan fingerprint density at radius 3 is 2.50 bits per heavy atom. The molecule has 0 aliphatic carbocycles. The van der Waals surface area contributed by atoms with Crippen molar-refractivity contribution in [1.29, 1.82) is 0 Å². The number of carbonyl (C=O) groups is 1. The maximum atomic E-state index is 12.8. The Morgan fingerprint density at radius 1 is 1.21 bits per heavy atom. The van der Waals surface area contributed by atoms with Crippen LogP contribution in [-0.4, -0.2) is 72.2 Å². The van der Waals surface area contributed by atoms with Gasteiger partial charge in [-0.2, -0.15) is 0 Å². The Labute approximate surface area is 165 Å². The predicted octanol–water partition coefficient (Wildman–Crippen LogP) is 2.32. The second-order valence-corrected chi connectivity index (χ2v) is 7.69. The maximum Gasteiger partial charge on any atom is 0.310 e. The average Bonchev–Trinajstić information content (AvgIpc) is 2.67. The van der Waals surface area contributed by atoms with Gasteiger partial charge in [-0.15, -0.1) is 0 Å². The van der Waals surface area contributed by atoms with Crippen LogP contribution in [0.2, 0.25) is 0 Å². The van der Waals surface area contributed by atoms with Gasteiger partial charge >= 0.3 is 5.69 Å². The Hall–Kier alpha value is -2.19. The molecule has 2 saturated heterocycles. The van der Waals surface area contributed by atoms with E-state index in [1.165, 1.54) is 6.07 Å². The number of rotatable bonds is 6. The van der Waals surface area contributed by atoms with Crippen molar-refractivity contribution >= 4 is 11.6 Å². The zero-order chi connectivity index (χ0) is 20.1. The van der Waals surface area contributed by atoms with Crippen molar-refractivity contribution in [3.63, 3.8) is 0 Å². The lowest BCUT2D eigenvalue weighted by Gasteiger charge is -2.39. The molecule has 2 aliphatic heterocycles. The van der Waals surface area contributed by atoms with Crippen LogP contribution in [0.3, 0.4) is 0 Å². The first-order valence-corrected chi connectivity index (χ1v) is 9.97. The molecule has 3 rings (SSSR count). The van der Waals surface area contributed by atoms with Crippen LogP contribution in [0.25, 0.3) is 0 Å². The third kappa shape index (κ3) is 5.20. The van der Waals surface area contributed by atoms with E-state index in [0.717, 1.165) is 25.9 Å². The normalized spacial score (nSPS) is 24.1. The number of morpholine rings is 1. The highest BCUT2D eigenvalue weighted by Crippen LogP contribution is 2.26. The highest BCUT2D eigenvalue weighted by Gasteiger charge is 2.32. The largest absolute Gasteiger partial charge is 0.485 e. The van der Waals surface area contributed by atoms with Crippen LogP contribution in [0.15, 0.2) is 24.3 Å². The van der Waals surface area contributed by atoms with Crippen LogP contribution in [0.1, 0.15) is 26.7 Å². The van der Waals surface area contributed by atoms with E-state index < -0.39 is 4.92 Å². The summed E-state index contributed by atoms with van der Waals surface area (Å²) in [6.45, 7) is 8.13. The van der Waals surface area contributed by atoms with Crippen molar-refractivity contribution in [2.24, 2.45) is 5.92 Å². The molecule has 8 nitrogen and oxygen atoms in total. The number of hydrogen-bond acceptors (Lipinski definition) is 6. The quantitative estimate of drug-likeness (QED) is 0.547. The van der Waals surface area contributed by atoms with Gasteiger partial charge in [0.1, 0.15) is 6.61 Å². The molecular weight excluding hydrogens is 362 g/mol. The van der Waals surface area contributed by atoms with E-state index in [1.807, 2.05) is 18.7 Å². The molecule has 1 aromatic rings. The molecule has 8 heteroatoms. The lowest BCUT2D eigenvalue weighted by Crippen LogP contribution is -2.51. The number of para-hydroxylation sites is 2. The van der Waals surface area contributed by atoms with Gasteiger partial charge in [0.15, 0.2) is 5.75 Å². The van der Waals surface area contributed by atoms with Gasteiger partial charge in [-0.25, -0.2) is 0 Å². The van der Waals surface area contributed by atoms with Crippen molar-refractivity contribution in [2.75, 3.05) is 39.3 Å². The number of nitrogens with zero attached hydrogens (tertiary/aromatic N) is 3. The van der Waals surface area contributed by atoms with Crippen LogP contribution >= 0.6 is 0 Å². The molecular formula is C20H29N3O5. The van der Waals surface area contributed by atoms with Crippen LogP contribution < -0.4 is 4.74 Å². The summed E-state index contributed by atoms with van der Waals surface area (Å²) in [7, 11) is 0.